The van der Waals surface area contributed by atoms with Crippen LogP contribution in [0.1, 0.15) is 49.8 Å². The molecule has 0 unspecified atom stereocenters. The first-order valence-corrected chi connectivity index (χ1v) is 13.1. The molecular formula is C28H31F3N4O3. The summed E-state index contributed by atoms with van der Waals surface area (Å²) < 4.78 is 49.4. The van der Waals surface area contributed by atoms with Crippen molar-refractivity contribution in [1.29, 1.82) is 0 Å². The molecule has 2 N–H and O–H groups in total. The Morgan fingerprint density at radius 1 is 1.18 bits per heavy atom. The van der Waals surface area contributed by atoms with Gasteiger partial charge in [0, 0.05) is 24.3 Å². The van der Waals surface area contributed by atoms with E-state index in [0.717, 1.165) is 49.7 Å². The molecule has 0 bridgehead atoms. The molecular weight excluding hydrogens is 497 g/mol. The molecule has 3 aromatic rings. The standard InChI is InChI=1S/C28H31F3N4O3/c1-26(37)15-19(16-26)35-17-32-23-13-20(12-21(24(23)35)28(29,30)31)38-11-10-34-8-6-27(7-9-34)14-18-4-2-3-5-22(18)33-25(27)36/h2-5,12-13,17,19,37H,6-11,14-16H2,1H3,(H,33,36). The molecule has 6 rings (SSSR count). The molecule has 1 saturated heterocycles. The summed E-state index contributed by atoms with van der Waals surface area (Å²) >= 11 is 0. The second kappa shape index (κ2) is 8.98. The monoisotopic (exact) mass is 528 g/mol. The number of carbonyl (C=O) groups is 1. The summed E-state index contributed by atoms with van der Waals surface area (Å²) in [6, 6.07) is 10.3. The first kappa shape index (κ1) is 25.2. The van der Waals surface area contributed by atoms with Crippen LogP contribution in [-0.2, 0) is 17.4 Å². The number of anilines is 1. The van der Waals surface area contributed by atoms with Gasteiger partial charge in [0.2, 0.25) is 5.91 Å². The number of rotatable bonds is 5. The second-order valence-corrected chi connectivity index (χ2v) is 11.3. The van der Waals surface area contributed by atoms with E-state index >= 15 is 0 Å². The van der Waals surface area contributed by atoms with E-state index in [0.29, 0.717) is 19.4 Å². The molecule has 1 spiro atoms. The summed E-state index contributed by atoms with van der Waals surface area (Å²) in [4.78, 5) is 19.3. The van der Waals surface area contributed by atoms with Crippen molar-refractivity contribution in [3.8, 4) is 5.75 Å². The maximum absolute atomic E-state index is 14.0. The van der Waals surface area contributed by atoms with Gasteiger partial charge in [0.05, 0.1) is 33.9 Å². The van der Waals surface area contributed by atoms with Gasteiger partial charge in [0.1, 0.15) is 12.4 Å². The van der Waals surface area contributed by atoms with Crippen molar-refractivity contribution in [1.82, 2.24) is 14.5 Å². The lowest BCUT2D eigenvalue weighted by molar-refractivity contribution is -0.136. The van der Waals surface area contributed by atoms with E-state index in [1.165, 1.54) is 10.9 Å². The van der Waals surface area contributed by atoms with Crippen LogP contribution in [-0.4, -0.2) is 57.3 Å². The van der Waals surface area contributed by atoms with Gasteiger partial charge in [-0.2, -0.15) is 13.2 Å². The van der Waals surface area contributed by atoms with Crippen LogP contribution in [0.2, 0.25) is 0 Å². The fourth-order valence-corrected chi connectivity index (χ4v) is 6.27. The van der Waals surface area contributed by atoms with Crippen molar-refractivity contribution in [2.45, 2.75) is 56.8 Å². The number of para-hydroxylation sites is 1. The van der Waals surface area contributed by atoms with Gasteiger partial charge in [0.15, 0.2) is 0 Å². The van der Waals surface area contributed by atoms with Crippen LogP contribution in [0.3, 0.4) is 0 Å². The number of aromatic nitrogens is 2. The Kier molecular flexibility index (Phi) is 5.95. The van der Waals surface area contributed by atoms with Gasteiger partial charge in [-0.15, -0.1) is 0 Å². The fourth-order valence-electron chi connectivity index (χ4n) is 6.27. The van der Waals surface area contributed by atoms with Gasteiger partial charge in [-0.3, -0.25) is 9.69 Å². The Morgan fingerprint density at radius 2 is 1.92 bits per heavy atom. The van der Waals surface area contributed by atoms with Gasteiger partial charge in [-0.1, -0.05) is 18.2 Å². The summed E-state index contributed by atoms with van der Waals surface area (Å²) in [6.45, 7) is 3.92. The van der Waals surface area contributed by atoms with Crippen molar-refractivity contribution >= 4 is 22.6 Å². The van der Waals surface area contributed by atoms with Crippen LogP contribution in [0.25, 0.3) is 11.0 Å². The van der Waals surface area contributed by atoms with Gasteiger partial charge >= 0.3 is 6.18 Å². The first-order chi connectivity index (χ1) is 18.0. The molecule has 2 fully saturated rings. The zero-order valence-electron chi connectivity index (χ0n) is 21.2. The minimum Gasteiger partial charge on any atom is -0.492 e. The van der Waals surface area contributed by atoms with E-state index in [1.807, 2.05) is 18.2 Å². The Hall–Kier alpha value is -3.11. The number of hydrogen-bond acceptors (Lipinski definition) is 5. The minimum atomic E-state index is -4.57. The predicted molar refractivity (Wildman–Crippen MR) is 136 cm³/mol. The quantitative estimate of drug-likeness (QED) is 0.498. The average Bonchev–Trinajstić information content (AvgIpc) is 3.27. The lowest BCUT2D eigenvalue weighted by atomic mass is 9.71. The topological polar surface area (TPSA) is 79.6 Å². The van der Waals surface area contributed by atoms with Crippen LogP contribution in [0.15, 0.2) is 42.7 Å². The highest BCUT2D eigenvalue weighted by molar-refractivity contribution is 5.98. The highest BCUT2D eigenvalue weighted by Crippen LogP contribution is 2.45. The highest BCUT2D eigenvalue weighted by atomic mass is 19.4. The van der Waals surface area contributed by atoms with Crippen molar-refractivity contribution in [3.63, 3.8) is 0 Å². The Morgan fingerprint density at radius 3 is 2.63 bits per heavy atom. The van der Waals surface area contributed by atoms with E-state index in [1.54, 1.807) is 13.0 Å². The Bertz CT molecular complexity index is 1370. The van der Waals surface area contributed by atoms with Gasteiger partial charge in [-0.05, 0) is 69.8 Å². The SMILES string of the molecule is CC1(O)CC(n2cnc3cc(OCCN4CCC5(CC4)Cc4ccccc4NC5=O)cc(C(F)(F)F)c32)C1. The number of hydrogen-bond donors (Lipinski definition) is 2. The number of carbonyl (C=O) groups excluding carboxylic acids is 1. The van der Waals surface area contributed by atoms with E-state index in [4.69, 9.17) is 4.74 Å². The van der Waals surface area contributed by atoms with Gasteiger partial charge in [0.25, 0.3) is 0 Å². The number of fused-ring (bicyclic) bond motifs is 2. The Labute approximate surface area is 218 Å². The molecule has 1 saturated carbocycles. The predicted octanol–water partition coefficient (Wildman–Crippen LogP) is 4.80. The number of piperidine rings is 1. The van der Waals surface area contributed by atoms with Gasteiger partial charge in [-0.25, -0.2) is 4.98 Å². The molecule has 1 amide bonds. The summed E-state index contributed by atoms with van der Waals surface area (Å²) in [5.41, 5.74) is 0.248. The summed E-state index contributed by atoms with van der Waals surface area (Å²) in [5, 5.41) is 13.1. The molecule has 0 atom stereocenters. The maximum atomic E-state index is 14.0. The van der Waals surface area contributed by atoms with Crippen molar-refractivity contribution in [3.05, 3.63) is 53.9 Å². The van der Waals surface area contributed by atoms with E-state index in [2.05, 4.69) is 21.3 Å². The number of likely N-dealkylation sites (tertiary alicyclic amines) is 1. The molecule has 0 radical (unpaired) electrons. The second-order valence-electron chi connectivity index (χ2n) is 11.3. The van der Waals surface area contributed by atoms with Crippen molar-refractivity contribution in [2.75, 3.05) is 31.6 Å². The maximum Gasteiger partial charge on any atom is 0.418 e. The molecule has 3 heterocycles. The molecule has 1 aliphatic carbocycles. The molecule has 38 heavy (non-hydrogen) atoms. The number of aliphatic hydroxyl groups is 1. The third-order valence-electron chi connectivity index (χ3n) is 8.46. The van der Waals surface area contributed by atoms with Crippen LogP contribution >= 0.6 is 0 Å². The third kappa shape index (κ3) is 4.53. The number of halogens is 3. The highest BCUT2D eigenvalue weighted by Gasteiger charge is 2.44. The van der Waals surface area contributed by atoms with Crippen LogP contribution in [0.5, 0.6) is 5.75 Å². The van der Waals surface area contributed by atoms with Crippen LogP contribution in [0, 0.1) is 5.41 Å². The number of benzene rings is 2. The van der Waals surface area contributed by atoms with Crippen LogP contribution in [0.4, 0.5) is 18.9 Å². The Balaban J connectivity index is 1.10. The number of imidazole rings is 1. The summed E-state index contributed by atoms with van der Waals surface area (Å²) in [7, 11) is 0. The molecule has 1 aromatic heterocycles. The minimum absolute atomic E-state index is 0.0269. The molecule has 2 aliphatic heterocycles. The number of ether oxygens (including phenoxy) is 1. The van der Waals surface area contributed by atoms with Crippen LogP contribution < -0.4 is 10.1 Å². The fraction of sp³-hybridized carbons (Fsp3) is 0.500. The number of nitrogens with zero attached hydrogens (tertiary/aromatic N) is 3. The summed E-state index contributed by atoms with van der Waals surface area (Å²) in [5.74, 6) is 0.206. The van der Waals surface area contributed by atoms with E-state index in [-0.39, 0.29) is 35.3 Å². The molecule has 7 nitrogen and oxygen atoms in total. The molecule has 2 aromatic carbocycles. The zero-order chi connectivity index (χ0) is 26.7. The number of alkyl halides is 3. The lowest BCUT2D eigenvalue weighted by Crippen LogP contribution is -2.50. The smallest absolute Gasteiger partial charge is 0.418 e. The molecule has 10 heteroatoms. The van der Waals surface area contributed by atoms with E-state index in [9.17, 15) is 23.1 Å². The van der Waals surface area contributed by atoms with Crippen molar-refractivity contribution in [2.24, 2.45) is 5.41 Å². The molecule has 202 valence electrons. The number of nitrogens with one attached hydrogen (secondary N) is 1. The van der Waals surface area contributed by atoms with Crippen molar-refractivity contribution < 1.29 is 27.8 Å². The molecule has 3 aliphatic rings. The van der Waals surface area contributed by atoms with Gasteiger partial charge < -0.3 is 19.7 Å². The first-order valence-electron chi connectivity index (χ1n) is 13.1. The normalized spacial score (nSPS) is 25.2. The zero-order valence-corrected chi connectivity index (χ0v) is 21.2. The third-order valence-corrected chi connectivity index (χ3v) is 8.46. The lowest BCUT2D eigenvalue weighted by Gasteiger charge is -2.43. The average molecular weight is 529 g/mol. The number of amides is 1. The summed E-state index contributed by atoms with van der Waals surface area (Å²) in [6.07, 6.45) is -0.191. The largest absolute Gasteiger partial charge is 0.492 e. The van der Waals surface area contributed by atoms with E-state index < -0.39 is 22.8 Å².